The highest BCUT2D eigenvalue weighted by Gasteiger charge is 2.16. The van der Waals surface area contributed by atoms with Crippen LogP contribution in [-0.4, -0.2) is 11.1 Å². The van der Waals surface area contributed by atoms with Crippen molar-refractivity contribution in [3.05, 3.63) is 12.2 Å². The van der Waals surface area contributed by atoms with E-state index >= 15 is 0 Å². The maximum absolute atomic E-state index is 11.7. The summed E-state index contributed by atoms with van der Waals surface area (Å²) in [5.41, 5.74) is 0. The van der Waals surface area contributed by atoms with Crippen LogP contribution in [0.25, 0.3) is 0 Å². The van der Waals surface area contributed by atoms with Gasteiger partial charge in [-0.3, -0.25) is 4.79 Å². The molecule has 0 rings (SSSR count). The molecular weight excluding hydrogens is 512 g/mol. The van der Waals surface area contributed by atoms with Crippen LogP contribution in [0.15, 0.2) is 12.2 Å². The third-order valence-corrected chi connectivity index (χ3v) is 9.32. The lowest BCUT2D eigenvalue weighted by molar-refractivity contribution is -0.142. The third kappa shape index (κ3) is 33.7. The number of carbonyl (C=O) groups is 1. The van der Waals surface area contributed by atoms with Gasteiger partial charge in [-0.15, -0.1) is 0 Å². The minimum absolute atomic E-state index is 0.113. The van der Waals surface area contributed by atoms with Gasteiger partial charge in [0.05, 0.1) is 5.92 Å². The van der Waals surface area contributed by atoms with Gasteiger partial charge in [0.25, 0.3) is 0 Å². The SMILES string of the molecule is CCCCCCCC/C=C\CCCCCCC(CCCCCCCCCCCCCCCCCCCCCC)C(=O)O. The minimum atomic E-state index is -0.564. The number of rotatable bonds is 36. The standard InChI is InChI=1S/C40H78O2/c1-3-5-7-9-11-13-15-17-19-20-21-22-23-24-26-28-30-32-34-36-38-39(40(41)42)37-35-33-31-29-27-25-18-16-14-12-10-8-6-4-2/h18,25,39H,3-17,19-24,26-38H2,1-2H3,(H,41,42)/b25-18-. The molecule has 1 unspecified atom stereocenters. The topological polar surface area (TPSA) is 37.3 Å². The quantitative estimate of drug-likeness (QED) is 0.0582. The second kappa shape index (κ2) is 36.4. The van der Waals surface area contributed by atoms with Crippen molar-refractivity contribution >= 4 is 5.97 Å². The fraction of sp³-hybridized carbons (Fsp3) is 0.925. The highest BCUT2D eigenvalue weighted by molar-refractivity contribution is 5.69. The first-order chi connectivity index (χ1) is 20.7. The second-order valence-corrected chi connectivity index (χ2v) is 13.6. The molecule has 0 radical (unpaired) electrons. The van der Waals surface area contributed by atoms with Gasteiger partial charge in [-0.25, -0.2) is 0 Å². The monoisotopic (exact) mass is 591 g/mol. The Labute approximate surface area is 265 Å². The molecule has 0 saturated heterocycles. The van der Waals surface area contributed by atoms with E-state index in [1.165, 1.54) is 193 Å². The molecule has 0 saturated carbocycles. The smallest absolute Gasteiger partial charge is 0.306 e. The van der Waals surface area contributed by atoms with Crippen molar-refractivity contribution in [2.45, 2.75) is 232 Å². The number of unbranched alkanes of at least 4 members (excludes halogenated alkanes) is 29. The van der Waals surface area contributed by atoms with Gasteiger partial charge in [0.2, 0.25) is 0 Å². The first-order valence-electron chi connectivity index (χ1n) is 19.6. The van der Waals surface area contributed by atoms with Crippen LogP contribution in [0.3, 0.4) is 0 Å². The van der Waals surface area contributed by atoms with Gasteiger partial charge in [-0.1, -0.05) is 206 Å². The molecule has 0 aromatic rings. The van der Waals surface area contributed by atoms with Gasteiger partial charge >= 0.3 is 5.97 Å². The predicted molar refractivity (Wildman–Crippen MR) is 189 cm³/mol. The lowest BCUT2D eigenvalue weighted by Crippen LogP contribution is -2.13. The van der Waals surface area contributed by atoms with E-state index < -0.39 is 5.97 Å². The highest BCUT2D eigenvalue weighted by atomic mass is 16.4. The molecule has 0 aliphatic rings. The van der Waals surface area contributed by atoms with E-state index in [4.69, 9.17) is 0 Å². The maximum Gasteiger partial charge on any atom is 0.306 e. The van der Waals surface area contributed by atoms with Gasteiger partial charge < -0.3 is 5.11 Å². The van der Waals surface area contributed by atoms with Crippen molar-refractivity contribution in [1.29, 1.82) is 0 Å². The van der Waals surface area contributed by atoms with Gasteiger partial charge in [-0.05, 0) is 38.5 Å². The van der Waals surface area contributed by atoms with Crippen molar-refractivity contribution in [3.63, 3.8) is 0 Å². The molecule has 42 heavy (non-hydrogen) atoms. The summed E-state index contributed by atoms with van der Waals surface area (Å²) >= 11 is 0. The number of aliphatic carboxylic acids is 1. The van der Waals surface area contributed by atoms with Crippen molar-refractivity contribution in [1.82, 2.24) is 0 Å². The van der Waals surface area contributed by atoms with Crippen molar-refractivity contribution < 1.29 is 9.90 Å². The first kappa shape index (κ1) is 41.2. The average molecular weight is 591 g/mol. The zero-order valence-electron chi connectivity index (χ0n) is 29.1. The van der Waals surface area contributed by atoms with Gasteiger partial charge in [0.1, 0.15) is 0 Å². The summed E-state index contributed by atoms with van der Waals surface area (Å²) in [5.74, 6) is -0.678. The molecule has 0 aliphatic carbocycles. The lowest BCUT2D eigenvalue weighted by Gasteiger charge is -2.12. The van der Waals surface area contributed by atoms with Crippen LogP contribution in [0, 0.1) is 5.92 Å². The zero-order chi connectivity index (χ0) is 30.6. The summed E-state index contributed by atoms with van der Waals surface area (Å²) in [7, 11) is 0. The van der Waals surface area contributed by atoms with Gasteiger partial charge in [-0.2, -0.15) is 0 Å². The Morgan fingerprint density at radius 1 is 0.405 bits per heavy atom. The number of carboxylic acid groups (broad SMARTS) is 1. The molecule has 0 amide bonds. The molecule has 0 spiro atoms. The average Bonchev–Trinajstić information content (AvgIpc) is 2.99. The predicted octanol–water partition coefficient (Wildman–Crippen LogP) is 14.5. The van der Waals surface area contributed by atoms with E-state index in [0.29, 0.717) is 0 Å². The minimum Gasteiger partial charge on any atom is -0.481 e. The fourth-order valence-electron chi connectivity index (χ4n) is 6.32. The third-order valence-electron chi connectivity index (χ3n) is 9.32. The fourth-order valence-corrected chi connectivity index (χ4v) is 6.32. The molecule has 0 aromatic carbocycles. The Hall–Kier alpha value is -0.790. The van der Waals surface area contributed by atoms with E-state index in [1.807, 2.05) is 0 Å². The largest absolute Gasteiger partial charge is 0.481 e. The van der Waals surface area contributed by atoms with Crippen LogP contribution in [0.1, 0.15) is 232 Å². The molecule has 0 aliphatic heterocycles. The molecule has 2 nitrogen and oxygen atoms in total. The van der Waals surface area contributed by atoms with Crippen LogP contribution in [0.5, 0.6) is 0 Å². The van der Waals surface area contributed by atoms with Crippen molar-refractivity contribution in [2.24, 2.45) is 5.92 Å². The number of allylic oxidation sites excluding steroid dienone is 2. The lowest BCUT2D eigenvalue weighted by atomic mass is 9.94. The Bertz CT molecular complexity index is 540. The van der Waals surface area contributed by atoms with Crippen molar-refractivity contribution in [3.8, 4) is 0 Å². The zero-order valence-corrected chi connectivity index (χ0v) is 29.1. The summed E-state index contributed by atoms with van der Waals surface area (Å²) in [6.07, 6.45) is 49.8. The Kier molecular flexibility index (Phi) is 35.7. The molecule has 2 heteroatoms. The molecular formula is C40H78O2. The number of hydrogen-bond acceptors (Lipinski definition) is 1. The summed E-state index contributed by atoms with van der Waals surface area (Å²) < 4.78 is 0. The van der Waals surface area contributed by atoms with Crippen LogP contribution >= 0.6 is 0 Å². The van der Waals surface area contributed by atoms with Gasteiger partial charge in [0.15, 0.2) is 0 Å². The molecule has 0 aromatic heterocycles. The number of carboxylic acids is 1. The highest BCUT2D eigenvalue weighted by Crippen LogP contribution is 2.20. The van der Waals surface area contributed by atoms with E-state index in [2.05, 4.69) is 26.0 Å². The molecule has 0 heterocycles. The Balaban J connectivity index is 3.39. The summed E-state index contributed by atoms with van der Waals surface area (Å²) in [6.45, 7) is 4.57. The van der Waals surface area contributed by atoms with Crippen LogP contribution in [0.4, 0.5) is 0 Å². The van der Waals surface area contributed by atoms with Gasteiger partial charge in [0, 0.05) is 0 Å². The molecule has 250 valence electrons. The van der Waals surface area contributed by atoms with Crippen molar-refractivity contribution in [2.75, 3.05) is 0 Å². The second-order valence-electron chi connectivity index (χ2n) is 13.6. The van der Waals surface area contributed by atoms with E-state index in [0.717, 1.165) is 25.7 Å². The molecule has 0 bridgehead atoms. The summed E-state index contributed by atoms with van der Waals surface area (Å²) in [6, 6.07) is 0. The van der Waals surface area contributed by atoms with Crippen LogP contribution in [0.2, 0.25) is 0 Å². The van der Waals surface area contributed by atoms with E-state index in [9.17, 15) is 9.90 Å². The maximum atomic E-state index is 11.7. The van der Waals surface area contributed by atoms with E-state index in [-0.39, 0.29) is 5.92 Å². The number of hydrogen-bond donors (Lipinski definition) is 1. The normalized spacial score (nSPS) is 12.4. The summed E-state index contributed by atoms with van der Waals surface area (Å²) in [5, 5.41) is 9.63. The Morgan fingerprint density at radius 2 is 0.643 bits per heavy atom. The molecule has 1 N–H and O–H groups in total. The van der Waals surface area contributed by atoms with E-state index in [1.54, 1.807) is 0 Å². The van der Waals surface area contributed by atoms with Crippen LogP contribution in [-0.2, 0) is 4.79 Å². The Morgan fingerprint density at radius 3 is 0.905 bits per heavy atom. The summed E-state index contributed by atoms with van der Waals surface area (Å²) in [4.78, 5) is 11.7. The molecule has 1 atom stereocenters. The first-order valence-corrected chi connectivity index (χ1v) is 19.6. The van der Waals surface area contributed by atoms with Crippen LogP contribution < -0.4 is 0 Å². The molecule has 0 fully saturated rings.